The number of benzene rings is 1. The SMILES string of the molecule is COc1cc(-c2ccc(/C=C3\SC(=S)NC3=O)o2)c(Cl)cc1C(=O)O. The molecule has 25 heavy (non-hydrogen) atoms. The van der Waals surface area contributed by atoms with Crippen molar-refractivity contribution in [2.75, 3.05) is 7.11 Å². The van der Waals surface area contributed by atoms with Gasteiger partial charge in [-0.1, -0.05) is 35.6 Å². The highest BCUT2D eigenvalue weighted by Crippen LogP contribution is 2.36. The molecule has 2 N–H and O–H groups in total. The largest absolute Gasteiger partial charge is 0.496 e. The normalized spacial score (nSPS) is 15.5. The summed E-state index contributed by atoms with van der Waals surface area (Å²) >= 11 is 12.3. The van der Waals surface area contributed by atoms with Crippen molar-refractivity contribution in [3.63, 3.8) is 0 Å². The highest BCUT2D eigenvalue weighted by atomic mass is 35.5. The van der Waals surface area contributed by atoms with Gasteiger partial charge in [0.25, 0.3) is 5.91 Å². The molecule has 9 heteroatoms. The number of rotatable bonds is 4. The number of carboxylic acid groups (broad SMARTS) is 1. The lowest BCUT2D eigenvalue weighted by Crippen LogP contribution is -2.17. The van der Waals surface area contributed by atoms with Crippen LogP contribution in [0.2, 0.25) is 5.02 Å². The zero-order valence-electron chi connectivity index (χ0n) is 12.7. The zero-order valence-corrected chi connectivity index (χ0v) is 15.1. The Morgan fingerprint density at radius 3 is 2.80 bits per heavy atom. The van der Waals surface area contributed by atoms with Crippen LogP contribution in [0.3, 0.4) is 0 Å². The molecular weight excluding hydrogens is 386 g/mol. The lowest BCUT2D eigenvalue weighted by Gasteiger charge is -2.08. The molecule has 0 atom stereocenters. The summed E-state index contributed by atoms with van der Waals surface area (Å²) in [6, 6.07) is 6.14. The van der Waals surface area contributed by atoms with E-state index in [4.69, 9.17) is 33.0 Å². The van der Waals surface area contributed by atoms with Crippen molar-refractivity contribution < 1.29 is 23.8 Å². The number of amides is 1. The maximum atomic E-state index is 11.7. The summed E-state index contributed by atoms with van der Waals surface area (Å²) in [5, 5.41) is 11.9. The Hall–Kier alpha value is -2.29. The molecular formula is C16H10ClNO5S2. The van der Waals surface area contributed by atoms with Crippen LogP contribution >= 0.6 is 35.6 Å². The molecule has 0 aliphatic carbocycles. The summed E-state index contributed by atoms with van der Waals surface area (Å²) in [6.45, 7) is 0. The van der Waals surface area contributed by atoms with E-state index in [1.54, 1.807) is 18.2 Å². The van der Waals surface area contributed by atoms with Crippen LogP contribution in [0.1, 0.15) is 16.1 Å². The van der Waals surface area contributed by atoms with Gasteiger partial charge in [-0.15, -0.1) is 0 Å². The number of thioether (sulfide) groups is 1. The molecule has 3 rings (SSSR count). The van der Waals surface area contributed by atoms with E-state index in [0.29, 0.717) is 26.3 Å². The number of carbonyl (C=O) groups is 2. The Morgan fingerprint density at radius 2 is 2.20 bits per heavy atom. The maximum Gasteiger partial charge on any atom is 0.339 e. The maximum absolute atomic E-state index is 11.7. The molecule has 2 aromatic rings. The number of halogens is 1. The van der Waals surface area contributed by atoms with Crippen LogP contribution in [-0.2, 0) is 4.79 Å². The molecule has 0 radical (unpaired) electrons. The molecule has 0 unspecified atom stereocenters. The van der Waals surface area contributed by atoms with Crippen molar-refractivity contribution in [1.29, 1.82) is 0 Å². The van der Waals surface area contributed by atoms with E-state index in [-0.39, 0.29) is 22.2 Å². The van der Waals surface area contributed by atoms with Gasteiger partial charge in [0.1, 0.15) is 27.2 Å². The van der Waals surface area contributed by atoms with Crippen molar-refractivity contribution >= 4 is 57.9 Å². The number of carbonyl (C=O) groups excluding carboxylic acids is 1. The van der Waals surface area contributed by atoms with Crippen molar-refractivity contribution in [2.45, 2.75) is 0 Å². The quantitative estimate of drug-likeness (QED) is 0.601. The molecule has 1 fully saturated rings. The average molecular weight is 396 g/mol. The van der Waals surface area contributed by atoms with Crippen LogP contribution in [0.15, 0.2) is 33.6 Å². The Labute approximate surface area is 156 Å². The second-order valence-electron chi connectivity index (χ2n) is 4.89. The van der Waals surface area contributed by atoms with E-state index in [2.05, 4.69) is 5.32 Å². The summed E-state index contributed by atoms with van der Waals surface area (Å²) in [5.41, 5.74) is 0.435. The van der Waals surface area contributed by atoms with Gasteiger partial charge in [-0.25, -0.2) is 4.79 Å². The van der Waals surface area contributed by atoms with Gasteiger partial charge in [0.05, 0.1) is 17.0 Å². The van der Waals surface area contributed by atoms with Gasteiger partial charge in [-0.3, -0.25) is 4.79 Å². The lowest BCUT2D eigenvalue weighted by molar-refractivity contribution is -0.115. The first kappa shape index (κ1) is 17.5. The van der Waals surface area contributed by atoms with Gasteiger partial charge in [-0.2, -0.15) is 0 Å². The molecule has 1 saturated heterocycles. The van der Waals surface area contributed by atoms with E-state index in [9.17, 15) is 14.7 Å². The summed E-state index contributed by atoms with van der Waals surface area (Å²) < 4.78 is 11.2. The Balaban J connectivity index is 1.98. The predicted octanol–water partition coefficient (Wildman–Crippen LogP) is 3.80. The van der Waals surface area contributed by atoms with E-state index < -0.39 is 5.97 Å². The second-order valence-corrected chi connectivity index (χ2v) is 7.02. The second kappa shape index (κ2) is 6.91. The van der Waals surface area contributed by atoms with Crippen LogP contribution in [-0.4, -0.2) is 28.4 Å². The van der Waals surface area contributed by atoms with Crippen LogP contribution in [0.5, 0.6) is 5.75 Å². The number of hydrogen-bond donors (Lipinski definition) is 2. The Morgan fingerprint density at radius 1 is 1.44 bits per heavy atom. The number of carboxylic acids is 1. The van der Waals surface area contributed by atoms with E-state index in [0.717, 1.165) is 11.8 Å². The minimum absolute atomic E-state index is 0.0438. The van der Waals surface area contributed by atoms with Crippen LogP contribution in [0, 0.1) is 0 Å². The van der Waals surface area contributed by atoms with E-state index >= 15 is 0 Å². The number of ether oxygens (including phenoxy) is 1. The molecule has 0 bridgehead atoms. The minimum Gasteiger partial charge on any atom is -0.496 e. The molecule has 1 aromatic heterocycles. The molecule has 0 saturated carbocycles. The molecule has 0 spiro atoms. The van der Waals surface area contributed by atoms with Gasteiger partial charge in [-0.05, 0) is 24.3 Å². The highest BCUT2D eigenvalue weighted by molar-refractivity contribution is 8.26. The number of thiocarbonyl (C=S) groups is 1. The molecule has 1 aliphatic rings. The third-order valence-corrected chi connectivity index (χ3v) is 4.80. The van der Waals surface area contributed by atoms with Crippen LogP contribution in [0.25, 0.3) is 17.4 Å². The van der Waals surface area contributed by atoms with E-state index in [1.165, 1.54) is 19.2 Å². The fraction of sp³-hybridized carbons (Fsp3) is 0.0625. The van der Waals surface area contributed by atoms with Gasteiger partial charge >= 0.3 is 5.97 Å². The third-order valence-electron chi connectivity index (χ3n) is 3.33. The van der Waals surface area contributed by atoms with Gasteiger partial charge in [0.15, 0.2) is 0 Å². The first-order valence-electron chi connectivity index (χ1n) is 6.85. The average Bonchev–Trinajstić information content (AvgIpc) is 3.14. The van der Waals surface area contributed by atoms with Gasteiger partial charge in [0, 0.05) is 11.6 Å². The van der Waals surface area contributed by atoms with E-state index in [1.807, 2.05) is 0 Å². The topological polar surface area (TPSA) is 88.8 Å². The molecule has 1 aliphatic heterocycles. The zero-order chi connectivity index (χ0) is 18.1. The van der Waals surface area contributed by atoms with Crippen LogP contribution in [0.4, 0.5) is 0 Å². The number of nitrogens with one attached hydrogen (secondary N) is 1. The fourth-order valence-corrected chi connectivity index (χ4v) is 3.48. The Kier molecular flexibility index (Phi) is 4.85. The minimum atomic E-state index is -1.14. The number of hydrogen-bond acceptors (Lipinski definition) is 6. The first-order chi connectivity index (χ1) is 11.9. The number of furan rings is 1. The van der Waals surface area contributed by atoms with Crippen molar-refractivity contribution in [2.24, 2.45) is 0 Å². The van der Waals surface area contributed by atoms with Crippen LogP contribution < -0.4 is 10.1 Å². The molecule has 128 valence electrons. The monoisotopic (exact) mass is 395 g/mol. The van der Waals surface area contributed by atoms with Crippen molar-refractivity contribution in [1.82, 2.24) is 5.32 Å². The molecule has 2 heterocycles. The third kappa shape index (κ3) is 3.55. The molecule has 1 aromatic carbocycles. The summed E-state index contributed by atoms with van der Waals surface area (Å²) in [7, 11) is 1.37. The first-order valence-corrected chi connectivity index (χ1v) is 8.45. The fourth-order valence-electron chi connectivity index (χ4n) is 2.20. The predicted molar refractivity (Wildman–Crippen MR) is 99.0 cm³/mol. The number of aromatic carboxylic acids is 1. The summed E-state index contributed by atoms with van der Waals surface area (Å²) in [6.07, 6.45) is 1.57. The summed E-state index contributed by atoms with van der Waals surface area (Å²) in [4.78, 5) is 23.3. The highest BCUT2D eigenvalue weighted by Gasteiger charge is 2.23. The standard InChI is InChI=1S/C16H10ClNO5S2/c1-22-12-6-8(10(17)5-9(12)15(20)21)11-3-2-7(23-11)4-13-14(19)18-16(24)25-13/h2-6H,1H3,(H,20,21)(H,18,19,24)/b13-4-. The van der Waals surface area contributed by atoms with Crippen molar-refractivity contribution in [3.05, 3.63) is 45.5 Å². The smallest absolute Gasteiger partial charge is 0.339 e. The lowest BCUT2D eigenvalue weighted by atomic mass is 10.1. The van der Waals surface area contributed by atoms with Gasteiger partial charge in [0.2, 0.25) is 0 Å². The molecule has 1 amide bonds. The molecule has 6 nitrogen and oxygen atoms in total. The van der Waals surface area contributed by atoms with Crippen molar-refractivity contribution in [3.8, 4) is 17.1 Å². The Bertz CT molecular complexity index is 935. The summed E-state index contributed by atoms with van der Waals surface area (Å²) in [5.74, 6) is -0.402. The van der Waals surface area contributed by atoms with Gasteiger partial charge < -0.3 is 19.6 Å². The number of methoxy groups -OCH3 is 1.